The molecule has 0 aromatic carbocycles. The Morgan fingerprint density at radius 1 is 1.18 bits per heavy atom. The summed E-state index contributed by atoms with van der Waals surface area (Å²) in [5, 5.41) is 0. The van der Waals surface area contributed by atoms with Crippen molar-refractivity contribution in [3.8, 4) is 0 Å². The van der Waals surface area contributed by atoms with Gasteiger partial charge in [0.25, 0.3) is 0 Å². The van der Waals surface area contributed by atoms with Crippen molar-refractivity contribution < 1.29 is 0 Å². The van der Waals surface area contributed by atoms with Crippen LogP contribution in [-0.4, -0.2) is 15.1 Å². The van der Waals surface area contributed by atoms with E-state index >= 15 is 0 Å². The third kappa shape index (κ3) is 3.92. The van der Waals surface area contributed by atoms with Gasteiger partial charge in [-0.3, -0.25) is 0 Å². The molecule has 0 rings (SSSR count). The molecule has 0 amide bonds. The third-order valence-electron chi connectivity index (χ3n) is 1.67. The topological polar surface area (TPSA) is 0 Å². The molecule has 0 aliphatic rings. The molecule has 0 saturated carbocycles. The monoisotopic (exact) mass is 146 g/mol. The standard InChI is InChI=1S/C9H16B2/c1-4-6-8(10)9(11-3)7-5-2/h4-7,11H,10H2,1-3H3/b6-4+,7-5-,9-8-. The quantitative estimate of drug-likeness (QED) is 0.417. The Hall–Kier alpha value is -0.650. The van der Waals surface area contributed by atoms with Crippen molar-refractivity contribution in [3.63, 3.8) is 0 Å². The second-order valence-electron chi connectivity index (χ2n) is 2.56. The van der Waals surface area contributed by atoms with Crippen LogP contribution in [0.5, 0.6) is 0 Å². The zero-order valence-corrected chi connectivity index (χ0v) is 8.02. The molecule has 0 bridgehead atoms. The summed E-state index contributed by atoms with van der Waals surface area (Å²) in [5.41, 5.74) is 2.79. The fourth-order valence-corrected chi connectivity index (χ4v) is 1.09. The number of allylic oxidation sites excluding steroid dienone is 6. The molecule has 0 atom stereocenters. The average molecular weight is 146 g/mol. The summed E-state index contributed by atoms with van der Waals surface area (Å²) >= 11 is 0. The van der Waals surface area contributed by atoms with Crippen LogP contribution in [-0.2, 0) is 0 Å². The highest BCUT2D eigenvalue weighted by Gasteiger charge is 1.92. The zero-order chi connectivity index (χ0) is 8.69. The molecule has 0 N–H and O–H groups in total. The van der Waals surface area contributed by atoms with Gasteiger partial charge in [-0.05, 0) is 13.8 Å². The molecule has 11 heavy (non-hydrogen) atoms. The fraction of sp³-hybridized carbons (Fsp3) is 0.333. The van der Waals surface area contributed by atoms with Crippen molar-refractivity contribution in [1.29, 1.82) is 0 Å². The van der Waals surface area contributed by atoms with Gasteiger partial charge in [-0.25, -0.2) is 0 Å². The van der Waals surface area contributed by atoms with Gasteiger partial charge in [0, 0.05) is 0 Å². The van der Waals surface area contributed by atoms with Crippen LogP contribution in [0.15, 0.2) is 35.2 Å². The highest BCUT2D eigenvalue weighted by atomic mass is 13.8. The van der Waals surface area contributed by atoms with Crippen molar-refractivity contribution >= 4 is 15.1 Å². The summed E-state index contributed by atoms with van der Waals surface area (Å²) in [6.45, 7) is 6.29. The molecule has 0 nitrogen and oxygen atoms in total. The lowest BCUT2D eigenvalue weighted by Crippen LogP contribution is -1.92. The molecular formula is C9H16B2. The third-order valence-corrected chi connectivity index (χ3v) is 1.67. The van der Waals surface area contributed by atoms with Gasteiger partial charge < -0.3 is 0 Å². The lowest BCUT2D eigenvalue weighted by molar-refractivity contribution is 1.65. The van der Waals surface area contributed by atoms with E-state index < -0.39 is 0 Å². The molecule has 0 aromatic rings. The van der Waals surface area contributed by atoms with Crippen LogP contribution in [0.3, 0.4) is 0 Å². The van der Waals surface area contributed by atoms with E-state index in [1.165, 1.54) is 10.9 Å². The first-order valence-electron chi connectivity index (χ1n) is 4.21. The minimum atomic E-state index is 1.11. The first-order valence-corrected chi connectivity index (χ1v) is 4.21. The lowest BCUT2D eigenvalue weighted by Gasteiger charge is -1.99. The van der Waals surface area contributed by atoms with E-state index in [2.05, 4.69) is 45.9 Å². The Morgan fingerprint density at radius 2 is 1.73 bits per heavy atom. The van der Waals surface area contributed by atoms with Crippen LogP contribution in [0.4, 0.5) is 0 Å². The largest absolute Gasteiger partial charge is 0.153 e. The number of hydrogen-bond donors (Lipinski definition) is 0. The SMILES string of the molecule is BC(/C=C/C)=C(BC)/C=C\C. The van der Waals surface area contributed by atoms with Gasteiger partial charge in [-0.15, -0.1) is 0 Å². The van der Waals surface area contributed by atoms with E-state index in [1.54, 1.807) is 0 Å². The number of hydrogen-bond acceptors (Lipinski definition) is 0. The average Bonchev–Trinajstić information content (AvgIpc) is 2.00. The fourth-order valence-electron chi connectivity index (χ4n) is 1.09. The Morgan fingerprint density at radius 3 is 2.09 bits per heavy atom. The predicted molar refractivity (Wildman–Crippen MR) is 58.2 cm³/mol. The van der Waals surface area contributed by atoms with E-state index in [9.17, 15) is 0 Å². The molecule has 0 unspecified atom stereocenters. The predicted octanol–water partition coefficient (Wildman–Crippen LogP) is 1.47. The summed E-state index contributed by atoms with van der Waals surface area (Å²) in [4.78, 5) is 0. The second-order valence-corrected chi connectivity index (χ2v) is 2.56. The molecule has 0 spiro atoms. The van der Waals surface area contributed by atoms with E-state index in [0.717, 1.165) is 7.28 Å². The van der Waals surface area contributed by atoms with Crippen LogP contribution in [0, 0.1) is 0 Å². The van der Waals surface area contributed by atoms with E-state index in [-0.39, 0.29) is 0 Å². The van der Waals surface area contributed by atoms with E-state index in [1.807, 2.05) is 6.92 Å². The van der Waals surface area contributed by atoms with Crippen molar-refractivity contribution in [2.24, 2.45) is 0 Å². The smallest absolute Gasteiger partial charge is 0.0951 e. The lowest BCUT2D eigenvalue weighted by atomic mass is 9.66. The van der Waals surface area contributed by atoms with Gasteiger partial charge in [0.2, 0.25) is 0 Å². The summed E-state index contributed by atoms with van der Waals surface area (Å²) < 4.78 is 0. The minimum Gasteiger partial charge on any atom is -0.0951 e. The van der Waals surface area contributed by atoms with Crippen LogP contribution >= 0.6 is 0 Å². The van der Waals surface area contributed by atoms with E-state index in [4.69, 9.17) is 0 Å². The molecule has 0 heterocycles. The molecule has 0 radical (unpaired) electrons. The molecule has 0 aromatic heterocycles. The Balaban J connectivity index is 4.52. The van der Waals surface area contributed by atoms with Crippen molar-refractivity contribution in [1.82, 2.24) is 0 Å². The van der Waals surface area contributed by atoms with Gasteiger partial charge >= 0.3 is 0 Å². The summed E-state index contributed by atoms with van der Waals surface area (Å²) in [7, 11) is 3.26. The molecule has 0 saturated heterocycles. The van der Waals surface area contributed by atoms with Crippen LogP contribution in [0.2, 0.25) is 6.82 Å². The van der Waals surface area contributed by atoms with Gasteiger partial charge in [0.05, 0.1) is 0 Å². The Kier molecular flexibility index (Phi) is 5.73. The molecule has 0 fully saturated rings. The number of rotatable bonds is 3. The van der Waals surface area contributed by atoms with Crippen LogP contribution < -0.4 is 0 Å². The Labute approximate surface area is 71.7 Å². The van der Waals surface area contributed by atoms with Gasteiger partial charge in [-0.1, -0.05) is 42.1 Å². The van der Waals surface area contributed by atoms with E-state index in [0.29, 0.717) is 0 Å². The van der Waals surface area contributed by atoms with Crippen molar-refractivity contribution in [2.75, 3.05) is 0 Å². The maximum absolute atomic E-state index is 2.18. The van der Waals surface area contributed by atoms with Crippen molar-refractivity contribution in [2.45, 2.75) is 20.7 Å². The van der Waals surface area contributed by atoms with Crippen LogP contribution in [0.25, 0.3) is 0 Å². The first kappa shape index (κ1) is 10.3. The van der Waals surface area contributed by atoms with Gasteiger partial charge in [0.1, 0.15) is 7.85 Å². The molecule has 0 aliphatic heterocycles. The molecular weight excluding hydrogens is 130 g/mol. The summed E-state index contributed by atoms with van der Waals surface area (Å²) in [6, 6.07) is 0. The highest BCUT2D eigenvalue weighted by Crippen LogP contribution is 2.02. The molecule has 2 heteroatoms. The van der Waals surface area contributed by atoms with Gasteiger partial charge in [0.15, 0.2) is 7.28 Å². The summed E-state index contributed by atoms with van der Waals surface area (Å²) in [5.74, 6) is 0. The highest BCUT2D eigenvalue weighted by molar-refractivity contribution is 6.48. The maximum Gasteiger partial charge on any atom is 0.153 e. The van der Waals surface area contributed by atoms with Gasteiger partial charge in [-0.2, -0.15) is 0 Å². The zero-order valence-electron chi connectivity index (χ0n) is 8.02. The minimum absolute atomic E-state index is 1.11. The Bertz CT molecular complexity index is 188. The van der Waals surface area contributed by atoms with Crippen molar-refractivity contribution in [3.05, 3.63) is 35.2 Å². The maximum atomic E-state index is 2.18. The normalized spacial score (nSPS) is 14.1. The van der Waals surface area contributed by atoms with Crippen LogP contribution in [0.1, 0.15) is 13.8 Å². The summed E-state index contributed by atoms with van der Waals surface area (Å²) in [6.07, 6.45) is 8.49. The second kappa shape index (κ2) is 6.09. The molecule has 58 valence electrons. The first-order chi connectivity index (χ1) is 5.26. The molecule has 0 aliphatic carbocycles.